The van der Waals surface area contributed by atoms with Crippen LogP contribution < -0.4 is 10.3 Å². The summed E-state index contributed by atoms with van der Waals surface area (Å²) >= 11 is 0. The predicted octanol–water partition coefficient (Wildman–Crippen LogP) is 1.07. The average Bonchev–Trinajstić information content (AvgIpc) is 2.11. The van der Waals surface area contributed by atoms with Crippen molar-refractivity contribution in [3.8, 4) is 5.75 Å². The first kappa shape index (κ1) is 11.6. The van der Waals surface area contributed by atoms with Crippen LogP contribution in [0.25, 0.3) is 0 Å². The number of alkyl halides is 3. The number of hydrogen-bond donors (Lipinski definition) is 2. The topological polar surface area (TPSA) is 62.3 Å². The number of rotatable bonds is 2. The van der Waals surface area contributed by atoms with Crippen LogP contribution in [-0.2, 0) is 6.61 Å². The number of ether oxygens (including phenoxy) is 1. The number of aliphatic hydroxyl groups excluding tert-OH is 1. The minimum atomic E-state index is -4.92. The Bertz CT molecular complexity index is 411. The Morgan fingerprint density at radius 3 is 2.60 bits per heavy atom. The van der Waals surface area contributed by atoms with Gasteiger partial charge in [0.1, 0.15) is 0 Å². The van der Waals surface area contributed by atoms with Crippen molar-refractivity contribution in [3.63, 3.8) is 0 Å². The van der Waals surface area contributed by atoms with Crippen molar-refractivity contribution in [1.29, 1.82) is 0 Å². The van der Waals surface area contributed by atoms with E-state index in [1.165, 1.54) is 6.92 Å². The summed E-state index contributed by atoms with van der Waals surface area (Å²) in [6, 6.07) is 0. The first-order chi connectivity index (χ1) is 6.85. The molecule has 84 valence electrons. The molecule has 0 aliphatic heterocycles. The van der Waals surface area contributed by atoms with Gasteiger partial charge < -0.3 is 14.8 Å². The fourth-order valence-corrected chi connectivity index (χ4v) is 1.05. The number of hydrogen-bond acceptors (Lipinski definition) is 3. The quantitative estimate of drug-likeness (QED) is 0.788. The number of pyridine rings is 1. The van der Waals surface area contributed by atoms with E-state index in [1.54, 1.807) is 0 Å². The van der Waals surface area contributed by atoms with E-state index in [0.29, 0.717) is 0 Å². The van der Waals surface area contributed by atoms with Crippen LogP contribution >= 0.6 is 0 Å². The van der Waals surface area contributed by atoms with E-state index in [4.69, 9.17) is 5.11 Å². The lowest BCUT2D eigenvalue weighted by atomic mass is 10.1. The SMILES string of the molecule is Cc1c(CO)c[nH]c(=O)c1OC(F)(F)F. The Morgan fingerprint density at radius 1 is 1.53 bits per heavy atom. The lowest BCUT2D eigenvalue weighted by molar-refractivity contribution is -0.275. The van der Waals surface area contributed by atoms with Gasteiger partial charge in [0.25, 0.3) is 5.56 Å². The van der Waals surface area contributed by atoms with Crippen LogP contribution in [-0.4, -0.2) is 16.5 Å². The Morgan fingerprint density at radius 2 is 2.13 bits per heavy atom. The minimum absolute atomic E-state index is 0.0291. The summed E-state index contributed by atoms with van der Waals surface area (Å²) in [6.07, 6.45) is -3.78. The van der Waals surface area contributed by atoms with Crippen molar-refractivity contribution in [1.82, 2.24) is 4.98 Å². The smallest absolute Gasteiger partial charge is 0.400 e. The van der Waals surface area contributed by atoms with Gasteiger partial charge in [-0.15, -0.1) is 13.2 Å². The molecule has 0 saturated carbocycles. The van der Waals surface area contributed by atoms with Gasteiger partial charge in [-0.05, 0) is 6.92 Å². The highest BCUT2D eigenvalue weighted by atomic mass is 19.4. The molecule has 15 heavy (non-hydrogen) atoms. The maximum atomic E-state index is 11.9. The van der Waals surface area contributed by atoms with Crippen LogP contribution in [0.5, 0.6) is 5.75 Å². The minimum Gasteiger partial charge on any atom is -0.400 e. The van der Waals surface area contributed by atoms with Crippen molar-refractivity contribution in [3.05, 3.63) is 27.7 Å². The summed E-state index contributed by atoms with van der Waals surface area (Å²) in [5.74, 6) is -0.839. The molecule has 0 radical (unpaired) electrons. The highest BCUT2D eigenvalue weighted by molar-refractivity contribution is 5.35. The van der Waals surface area contributed by atoms with Crippen LogP contribution in [0, 0.1) is 6.92 Å². The molecule has 1 aromatic rings. The van der Waals surface area contributed by atoms with Gasteiger partial charge in [0.15, 0.2) is 5.75 Å². The molecule has 0 fully saturated rings. The summed E-state index contributed by atoms with van der Waals surface area (Å²) in [7, 11) is 0. The zero-order chi connectivity index (χ0) is 11.6. The summed E-state index contributed by atoms with van der Waals surface area (Å²) in [4.78, 5) is 13.1. The predicted molar refractivity (Wildman–Crippen MR) is 44.4 cm³/mol. The second-order valence-corrected chi connectivity index (χ2v) is 2.80. The molecule has 2 N–H and O–H groups in total. The number of H-pyrrole nitrogens is 1. The van der Waals surface area contributed by atoms with Gasteiger partial charge in [0, 0.05) is 17.3 Å². The van der Waals surface area contributed by atoms with E-state index in [2.05, 4.69) is 4.74 Å². The molecule has 0 unspecified atom stereocenters. The van der Waals surface area contributed by atoms with Gasteiger partial charge in [-0.3, -0.25) is 4.79 Å². The largest absolute Gasteiger partial charge is 0.573 e. The van der Waals surface area contributed by atoms with Gasteiger partial charge in [-0.25, -0.2) is 0 Å². The number of aliphatic hydroxyl groups is 1. The molecule has 0 spiro atoms. The molecular formula is C8H8F3NO3. The Balaban J connectivity index is 3.22. The highest BCUT2D eigenvalue weighted by Crippen LogP contribution is 2.23. The highest BCUT2D eigenvalue weighted by Gasteiger charge is 2.33. The Labute approximate surface area is 82.3 Å². The van der Waals surface area contributed by atoms with Crippen LogP contribution in [0.4, 0.5) is 13.2 Å². The molecule has 0 aliphatic rings. The molecular weight excluding hydrogens is 215 g/mol. The van der Waals surface area contributed by atoms with Crippen LogP contribution in [0.1, 0.15) is 11.1 Å². The third kappa shape index (κ3) is 2.72. The van der Waals surface area contributed by atoms with Gasteiger partial charge in [-0.2, -0.15) is 0 Å². The van der Waals surface area contributed by atoms with E-state index in [1.807, 2.05) is 4.98 Å². The lowest BCUT2D eigenvalue weighted by Crippen LogP contribution is -2.24. The number of aromatic amines is 1. The maximum Gasteiger partial charge on any atom is 0.573 e. The monoisotopic (exact) mass is 223 g/mol. The van der Waals surface area contributed by atoms with Crippen molar-refractivity contribution < 1.29 is 23.0 Å². The zero-order valence-corrected chi connectivity index (χ0v) is 7.68. The summed E-state index contributed by atoms with van der Waals surface area (Å²) < 4.78 is 39.2. The molecule has 0 bridgehead atoms. The molecule has 1 rings (SSSR count). The van der Waals surface area contributed by atoms with Crippen molar-refractivity contribution in [2.75, 3.05) is 0 Å². The van der Waals surface area contributed by atoms with Crippen molar-refractivity contribution >= 4 is 0 Å². The van der Waals surface area contributed by atoms with E-state index in [-0.39, 0.29) is 11.1 Å². The average molecular weight is 223 g/mol. The summed E-state index contributed by atoms with van der Waals surface area (Å²) in [5.41, 5.74) is -0.838. The number of aromatic nitrogens is 1. The van der Waals surface area contributed by atoms with E-state index < -0.39 is 24.3 Å². The van der Waals surface area contributed by atoms with Crippen molar-refractivity contribution in [2.24, 2.45) is 0 Å². The molecule has 1 aromatic heterocycles. The second kappa shape index (κ2) is 3.93. The van der Waals surface area contributed by atoms with Crippen LogP contribution in [0.15, 0.2) is 11.0 Å². The van der Waals surface area contributed by atoms with Crippen molar-refractivity contribution in [2.45, 2.75) is 19.9 Å². The molecule has 4 nitrogen and oxygen atoms in total. The molecule has 7 heteroatoms. The second-order valence-electron chi connectivity index (χ2n) is 2.80. The maximum absolute atomic E-state index is 11.9. The first-order valence-corrected chi connectivity index (χ1v) is 3.93. The van der Waals surface area contributed by atoms with Gasteiger partial charge in [-0.1, -0.05) is 0 Å². The summed E-state index contributed by atoms with van der Waals surface area (Å²) in [6.45, 7) is 0.790. The first-order valence-electron chi connectivity index (χ1n) is 3.93. The van der Waals surface area contributed by atoms with E-state index in [0.717, 1.165) is 6.20 Å². The lowest BCUT2D eigenvalue weighted by Gasteiger charge is -2.11. The van der Waals surface area contributed by atoms with Gasteiger partial charge in [0.05, 0.1) is 6.61 Å². The third-order valence-corrected chi connectivity index (χ3v) is 1.79. The fourth-order valence-electron chi connectivity index (χ4n) is 1.05. The van der Waals surface area contributed by atoms with Crippen LogP contribution in [0.2, 0.25) is 0 Å². The summed E-state index contributed by atoms with van der Waals surface area (Å²) in [5, 5.41) is 8.77. The van der Waals surface area contributed by atoms with Gasteiger partial charge >= 0.3 is 6.36 Å². The van der Waals surface area contributed by atoms with Crippen LogP contribution in [0.3, 0.4) is 0 Å². The van der Waals surface area contributed by atoms with E-state index in [9.17, 15) is 18.0 Å². The molecule has 0 aliphatic carbocycles. The molecule has 0 aromatic carbocycles. The number of halogens is 3. The standard InChI is InChI=1S/C8H8F3NO3/c1-4-5(3-13)2-12-7(14)6(4)15-8(9,10)11/h2,13H,3H2,1H3,(H,12,14). The molecule has 0 saturated heterocycles. The van der Waals surface area contributed by atoms with E-state index >= 15 is 0 Å². The normalized spacial score (nSPS) is 11.5. The van der Waals surface area contributed by atoms with Gasteiger partial charge in [0.2, 0.25) is 0 Å². The third-order valence-electron chi connectivity index (χ3n) is 1.79. The Kier molecular flexibility index (Phi) is 3.04. The Hall–Kier alpha value is -1.50. The molecule has 0 amide bonds. The number of nitrogens with one attached hydrogen (secondary N) is 1. The molecule has 1 heterocycles. The fraction of sp³-hybridized carbons (Fsp3) is 0.375. The zero-order valence-electron chi connectivity index (χ0n) is 7.68. The molecule has 0 atom stereocenters.